The number of likely N-dealkylation sites (tertiary alicyclic amines) is 1. The first-order valence-electron chi connectivity index (χ1n) is 10.3. The topological polar surface area (TPSA) is 78.7 Å². The molecule has 2 aliphatic heterocycles. The van der Waals surface area contributed by atoms with Crippen molar-refractivity contribution in [3.63, 3.8) is 0 Å². The van der Waals surface area contributed by atoms with Crippen LogP contribution in [0.1, 0.15) is 22.6 Å². The SMILES string of the molecule is Cc1cn2cc(NC(=O)c3cnc(N4CC(CN5CCC(F)C5)C4)cn3)cc(Cl)c2n1. The number of rotatable bonds is 5. The van der Waals surface area contributed by atoms with Gasteiger partial charge < -0.3 is 14.6 Å². The van der Waals surface area contributed by atoms with Crippen molar-refractivity contribution in [1.29, 1.82) is 0 Å². The van der Waals surface area contributed by atoms with Gasteiger partial charge in [0, 0.05) is 51.0 Å². The second-order valence-electron chi connectivity index (χ2n) is 8.32. The largest absolute Gasteiger partial charge is 0.355 e. The highest BCUT2D eigenvalue weighted by molar-refractivity contribution is 6.33. The maximum absolute atomic E-state index is 13.3. The molecule has 1 amide bonds. The van der Waals surface area contributed by atoms with Crippen LogP contribution in [0.25, 0.3) is 5.65 Å². The van der Waals surface area contributed by atoms with E-state index in [9.17, 15) is 9.18 Å². The maximum atomic E-state index is 13.3. The molecule has 1 N–H and O–H groups in total. The Morgan fingerprint density at radius 2 is 2.10 bits per heavy atom. The van der Waals surface area contributed by atoms with E-state index in [-0.39, 0.29) is 11.6 Å². The first-order chi connectivity index (χ1) is 14.9. The molecule has 162 valence electrons. The van der Waals surface area contributed by atoms with Gasteiger partial charge in [0.2, 0.25) is 0 Å². The number of imidazole rings is 1. The Balaban J connectivity index is 1.18. The first-order valence-corrected chi connectivity index (χ1v) is 10.7. The molecule has 8 nitrogen and oxygen atoms in total. The minimum atomic E-state index is -0.678. The lowest BCUT2D eigenvalue weighted by Gasteiger charge is -2.41. The first kappa shape index (κ1) is 20.1. The fraction of sp³-hybridized carbons (Fsp3) is 0.429. The summed E-state index contributed by atoms with van der Waals surface area (Å²) in [5, 5.41) is 3.26. The van der Waals surface area contributed by atoms with Gasteiger partial charge in [-0.25, -0.2) is 19.3 Å². The van der Waals surface area contributed by atoms with Crippen LogP contribution in [0, 0.1) is 12.8 Å². The molecular formula is C21H23ClFN7O. The van der Waals surface area contributed by atoms with E-state index >= 15 is 0 Å². The number of fused-ring (bicyclic) bond motifs is 1. The van der Waals surface area contributed by atoms with Crippen molar-refractivity contribution in [2.24, 2.45) is 5.92 Å². The lowest BCUT2D eigenvalue weighted by atomic mass is 10.00. The number of pyridine rings is 1. The summed E-state index contributed by atoms with van der Waals surface area (Å²) in [6.07, 6.45) is 6.66. The van der Waals surface area contributed by atoms with Crippen LogP contribution in [0.2, 0.25) is 5.02 Å². The van der Waals surface area contributed by atoms with E-state index in [4.69, 9.17) is 11.6 Å². The van der Waals surface area contributed by atoms with Gasteiger partial charge in [-0.15, -0.1) is 0 Å². The van der Waals surface area contributed by atoms with Crippen LogP contribution in [-0.2, 0) is 0 Å². The number of hydrogen-bond acceptors (Lipinski definition) is 6. The van der Waals surface area contributed by atoms with Crippen LogP contribution < -0.4 is 10.2 Å². The van der Waals surface area contributed by atoms with E-state index in [0.717, 1.165) is 37.7 Å². The number of aryl methyl sites for hydroxylation is 1. The van der Waals surface area contributed by atoms with Gasteiger partial charge in [-0.05, 0) is 19.4 Å². The third kappa shape index (κ3) is 4.20. The Bertz CT molecular complexity index is 1110. The zero-order valence-corrected chi connectivity index (χ0v) is 17.9. The summed E-state index contributed by atoms with van der Waals surface area (Å²) in [5.74, 6) is 0.903. The van der Waals surface area contributed by atoms with Gasteiger partial charge in [0.25, 0.3) is 5.91 Å². The molecule has 0 aliphatic carbocycles. The number of carbonyl (C=O) groups excluding carboxylic acids is 1. The van der Waals surface area contributed by atoms with Gasteiger partial charge in [-0.3, -0.25) is 9.69 Å². The van der Waals surface area contributed by atoms with E-state index in [1.807, 2.05) is 13.1 Å². The van der Waals surface area contributed by atoms with E-state index in [1.54, 1.807) is 22.9 Å². The predicted molar refractivity (Wildman–Crippen MR) is 117 cm³/mol. The summed E-state index contributed by atoms with van der Waals surface area (Å²) in [6.45, 7) is 5.95. The molecule has 5 rings (SSSR count). The summed E-state index contributed by atoms with van der Waals surface area (Å²) >= 11 is 6.27. The van der Waals surface area contributed by atoms with Gasteiger partial charge >= 0.3 is 0 Å². The highest BCUT2D eigenvalue weighted by Gasteiger charge is 2.32. The van der Waals surface area contributed by atoms with Crippen LogP contribution >= 0.6 is 11.6 Å². The van der Waals surface area contributed by atoms with Crippen LogP contribution in [0.3, 0.4) is 0 Å². The van der Waals surface area contributed by atoms with Crippen molar-refractivity contribution >= 4 is 34.7 Å². The molecule has 3 aromatic rings. The Morgan fingerprint density at radius 3 is 2.81 bits per heavy atom. The highest BCUT2D eigenvalue weighted by atomic mass is 35.5. The van der Waals surface area contributed by atoms with Gasteiger partial charge in [0.15, 0.2) is 5.65 Å². The molecule has 0 bridgehead atoms. The molecule has 2 saturated heterocycles. The summed E-state index contributed by atoms with van der Waals surface area (Å²) in [4.78, 5) is 29.9. The standard InChI is InChI=1S/C21H23ClFN7O/c1-13-7-30-12-16(4-17(22)20(30)26-13)27-21(31)18-5-25-19(6-24-18)29-9-14(10-29)8-28-3-2-15(23)11-28/h4-7,12,14-15H,2-3,8-11H2,1H3,(H,27,31). The van der Waals surface area contributed by atoms with Crippen LogP contribution in [-0.4, -0.2) is 69.1 Å². The maximum Gasteiger partial charge on any atom is 0.275 e. The summed E-state index contributed by atoms with van der Waals surface area (Å²) in [5.41, 5.74) is 2.26. The van der Waals surface area contributed by atoms with E-state index in [2.05, 4.69) is 30.1 Å². The third-order valence-electron chi connectivity index (χ3n) is 5.77. The van der Waals surface area contributed by atoms with Crippen molar-refractivity contribution in [2.45, 2.75) is 19.5 Å². The van der Waals surface area contributed by atoms with Crippen LogP contribution in [0.4, 0.5) is 15.9 Å². The fourth-order valence-electron chi connectivity index (χ4n) is 4.23. The van der Waals surface area contributed by atoms with Crippen molar-refractivity contribution in [1.82, 2.24) is 24.3 Å². The van der Waals surface area contributed by atoms with Crippen LogP contribution in [0.5, 0.6) is 0 Å². The monoisotopic (exact) mass is 443 g/mol. The number of amides is 1. The molecule has 1 atom stereocenters. The molecule has 31 heavy (non-hydrogen) atoms. The second kappa shape index (κ2) is 8.05. The highest BCUT2D eigenvalue weighted by Crippen LogP contribution is 2.25. The number of halogens is 2. The number of aromatic nitrogens is 4. The van der Waals surface area contributed by atoms with Gasteiger partial charge in [0.1, 0.15) is 17.7 Å². The quantitative estimate of drug-likeness (QED) is 0.653. The molecule has 0 radical (unpaired) electrons. The van der Waals surface area contributed by atoms with E-state index < -0.39 is 6.17 Å². The Kier molecular flexibility index (Phi) is 5.23. The third-order valence-corrected chi connectivity index (χ3v) is 6.05. The molecule has 0 saturated carbocycles. The average Bonchev–Trinajstić information content (AvgIpc) is 3.29. The molecule has 0 spiro atoms. The smallest absolute Gasteiger partial charge is 0.275 e. The number of carbonyl (C=O) groups is 1. The molecule has 1 unspecified atom stereocenters. The summed E-state index contributed by atoms with van der Waals surface area (Å²) < 4.78 is 15.1. The van der Waals surface area contributed by atoms with Gasteiger partial charge in [-0.1, -0.05) is 11.6 Å². The zero-order chi connectivity index (χ0) is 21.5. The number of alkyl halides is 1. The van der Waals surface area contributed by atoms with Crippen molar-refractivity contribution in [3.8, 4) is 0 Å². The minimum absolute atomic E-state index is 0.227. The van der Waals surface area contributed by atoms with E-state index in [1.165, 1.54) is 6.20 Å². The Morgan fingerprint density at radius 1 is 1.26 bits per heavy atom. The molecule has 2 aliphatic rings. The second-order valence-corrected chi connectivity index (χ2v) is 8.73. The fourth-order valence-corrected chi connectivity index (χ4v) is 4.49. The van der Waals surface area contributed by atoms with Crippen molar-refractivity contribution in [3.05, 3.63) is 47.3 Å². The summed E-state index contributed by atoms with van der Waals surface area (Å²) in [6, 6.07) is 1.66. The number of hydrogen-bond donors (Lipinski definition) is 1. The normalized spacial score (nSPS) is 19.7. The summed E-state index contributed by atoms with van der Waals surface area (Å²) in [7, 11) is 0. The lowest BCUT2D eigenvalue weighted by Crippen LogP contribution is -2.51. The molecular weight excluding hydrogens is 421 g/mol. The van der Waals surface area contributed by atoms with Crippen molar-refractivity contribution < 1.29 is 9.18 Å². The number of anilines is 2. The lowest BCUT2D eigenvalue weighted by molar-refractivity contribution is 0.102. The molecule has 2 fully saturated rings. The molecule has 0 aromatic carbocycles. The van der Waals surface area contributed by atoms with E-state index in [0.29, 0.717) is 35.2 Å². The van der Waals surface area contributed by atoms with Crippen LogP contribution in [0.15, 0.2) is 30.9 Å². The molecule has 10 heteroatoms. The predicted octanol–water partition coefficient (Wildman–Crippen LogP) is 2.82. The van der Waals surface area contributed by atoms with Crippen molar-refractivity contribution in [2.75, 3.05) is 42.9 Å². The molecule has 3 aromatic heterocycles. The number of nitrogens with one attached hydrogen (secondary N) is 1. The molecule has 5 heterocycles. The number of nitrogens with zero attached hydrogens (tertiary/aromatic N) is 6. The average molecular weight is 444 g/mol. The Labute approximate surface area is 184 Å². The Hall–Kier alpha value is -2.78. The van der Waals surface area contributed by atoms with Gasteiger partial charge in [0.05, 0.1) is 28.8 Å². The zero-order valence-electron chi connectivity index (χ0n) is 17.1. The van der Waals surface area contributed by atoms with Gasteiger partial charge in [-0.2, -0.15) is 0 Å². The minimum Gasteiger partial charge on any atom is -0.355 e.